The second-order valence-corrected chi connectivity index (χ2v) is 6.10. The Morgan fingerprint density at radius 3 is 2.56 bits per heavy atom. The fourth-order valence-corrected chi connectivity index (χ4v) is 3.03. The van der Waals surface area contributed by atoms with E-state index < -0.39 is 10.5 Å². The van der Waals surface area contributed by atoms with E-state index in [2.05, 4.69) is 15.5 Å². The number of nitrogens with zero attached hydrogens (tertiary/aromatic N) is 3. The predicted octanol–water partition coefficient (Wildman–Crippen LogP) is 2.89. The minimum Gasteiger partial charge on any atom is -0.340 e. The topological polar surface area (TPSA) is 111 Å². The van der Waals surface area contributed by atoms with Crippen molar-refractivity contribution >= 4 is 17.7 Å². The molecule has 130 valence electrons. The molecule has 1 aliphatic carbocycles. The highest BCUT2D eigenvalue weighted by molar-refractivity contribution is 5.92. The van der Waals surface area contributed by atoms with Crippen molar-refractivity contribution in [2.24, 2.45) is 0 Å². The Bertz CT molecular complexity index is 804. The zero-order valence-corrected chi connectivity index (χ0v) is 13.8. The molecule has 0 atom stereocenters. The van der Waals surface area contributed by atoms with E-state index in [9.17, 15) is 14.9 Å². The molecule has 1 saturated carbocycles. The number of aryl methyl sites for hydroxylation is 1. The molecule has 25 heavy (non-hydrogen) atoms. The Balaban J connectivity index is 1.71. The maximum atomic E-state index is 12.3. The molecule has 1 aliphatic rings. The number of hydrogen-bond donors (Lipinski definition) is 1. The number of hydrogen-bond acceptors (Lipinski definition) is 6. The van der Waals surface area contributed by atoms with Gasteiger partial charge in [0.15, 0.2) is 5.82 Å². The summed E-state index contributed by atoms with van der Waals surface area (Å²) in [6.45, 7) is 1.72. The van der Waals surface area contributed by atoms with Crippen LogP contribution in [0.25, 0.3) is 6.08 Å². The normalized spacial score (nSPS) is 16.2. The van der Waals surface area contributed by atoms with E-state index in [4.69, 9.17) is 4.52 Å². The monoisotopic (exact) mass is 342 g/mol. The van der Waals surface area contributed by atoms with Gasteiger partial charge in [0.1, 0.15) is 5.54 Å². The molecule has 1 heterocycles. The van der Waals surface area contributed by atoms with Crippen molar-refractivity contribution in [1.29, 1.82) is 0 Å². The first-order valence-corrected chi connectivity index (χ1v) is 8.04. The number of carbonyl (C=O) groups excluding carboxylic acids is 1. The van der Waals surface area contributed by atoms with Gasteiger partial charge in [-0.3, -0.25) is 14.9 Å². The maximum Gasteiger partial charge on any atom is 0.269 e. The number of nitro benzene ring substituents is 1. The first kappa shape index (κ1) is 16.8. The fourth-order valence-electron chi connectivity index (χ4n) is 3.03. The molecular weight excluding hydrogens is 324 g/mol. The number of benzene rings is 1. The van der Waals surface area contributed by atoms with E-state index in [0.29, 0.717) is 17.3 Å². The SMILES string of the molecule is Cc1nc(C2(NC(=O)/C=C/c3ccc([N+](=O)[O-])cc3)CCCC2)no1. The van der Waals surface area contributed by atoms with E-state index in [1.165, 1.54) is 18.2 Å². The van der Waals surface area contributed by atoms with Crippen LogP contribution < -0.4 is 5.32 Å². The number of carbonyl (C=O) groups is 1. The lowest BCUT2D eigenvalue weighted by Gasteiger charge is -2.25. The molecule has 0 bridgehead atoms. The van der Waals surface area contributed by atoms with Crippen molar-refractivity contribution < 1.29 is 14.2 Å². The fraction of sp³-hybridized carbons (Fsp3) is 0.353. The van der Waals surface area contributed by atoms with Crippen LogP contribution in [0.15, 0.2) is 34.9 Å². The molecule has 1 N–H and O–H groups in total. The molecular formula is C17H18N4O4. The van der Waals surface area contributed by atoms with E-state index in [1.807, 2.05) is 0 Å². The van der Waals surface area contributed by atoms with Gasteiger partial charge in [0.25, 0.3) is 5.69 Å². The highest BCUT2D eigenvalue weighted by atomic mass is 16.6. The number of non-ortho nitro benzene ring substituents is 1. The van der Waals surface area contributed by atoms with Crippen molar-refractivity contribution in [2.45, 2.75) is 38.1 Å². The zero-order chi connectivity index (χ0) is 17.9. The molecule has 0 spiro atoms. The van der Waals surface area contributed by atoms with Crippen LogP contribution in [0, 0.1) is 17.0 Å². The van der Waals surface area contributed by atoms with Crippen molar-refractivity contribution in [2.75, 3.05) is 0 Å². The van der Waals surface area contributed by atoms with Crippen LogP contribution in [-0.2, 0) is 10.3 Å². The number of aromatic nitrogens is 2. The van der Waals surface area contributed by atoms with Crippen molar-refractivity contribution in [1.82, 2.24) is 15.5 Å². The van der Waals surface area contributed by atoms with Gasteiger partial charge in [0.05, 0.1) is 4.92 Å². The van der Waals surface area contributed by atoms with Crippen LogP contribution >= 0.6 is 0 Å². The van der Waals surface area contributed by atoms with Gasteiger partial charge in [-0.15, -0.1) is 0 Å². The summed E-state index contributed by atoms with van der Waals surface area (Å²) in [6, 6.07) is 5.99. The average Bonchev–Trinajstić information content (AvgIpc) is 3.23. The van der Waals surface area contributed by atoms with Crippen LogP contribution in [0.4, 0.5) is 5.69 Å². The van der Waals surface area contributed by atoms with Gasteiger partial charge in [-0.05, 0) is 36.6 Å². The van der Waals surface area contributed by atoms with E-state index in [0.717, 1.165) is 25.7 Å². The van der Waals surface area contributed by atoms with Gasteiger partial charge < -0.3 is 9.84 Å². The Hall–Kier alpha value is -3.03. The highest BCUT2D eigenvalue weighted by Crippen LogP contribution is 2.37. The summed E-state index contributed by atoms with van der Waals surface area (Å²) in [6.07, 6.45) is 6.53. The summed E-state index contributed by atoms with van der Waals surface area (Å²) in [5, 5.41) is 17.6. The van der Waals surface area contributed by atoms with Crippen molar-refractivity contribution in [3.05, 3.63) is 57.7 Å². The summed E-state index contributed by atoms with van der Waals surface area (Å²) in [4.78, 5) is 26.8. The lowest BCUT2D eigenvalue weighted by atomic mass is 9.96. The molecule has 0 unspecified atom stereocenters. The number of nitrogens with one attached hydrogen (secondary N) is 1. The lowest BCUT2D eigenvalue weighted by Crippen LogP contribution is -2.44. The molecule has 1 amide bonds. The number of nitro groups is 1. The Morgan fingerprint density at radius 1 is 1.32 bits per heavy atom. The minimum absolute atomic E-state index is 0.0130. The van der Waals surface area contributed by atoms with E-state index >= 15 is 0 Å². The van der Waals surface area contributed by atoms with Crippen LogP contribution in [0.3, 0.4) is 0 Å². The van der Waals surface area contributed by atoms with Gasteiger partial charge in [0, 0.05) is 25.1 Å². The van der Waals surface area contributed by atoms with Gasteiger partial charge in [0.2, 0.25) is 11.8 Å². The summed E-state index contributed by atoms with van der Waals surface area (Å²) in [5.74, 6) is 0.722. The number of amides is 1. The van der Waals surface area contributed by atoms with Crippen molar-refractivity contribution in [3.63, 3.8) is 0 Å². The third-order valence-corrected chi connectivity index (χ3v) is 4.31. The van der Waals surface area contributed by atoms with Crippen LogP contribution in [0.2, 0.25) is 0 Å². The summed E-state index contributed by atoms with van der Waals surface area (Å²) >= 11 is 0. The standard InChI is InChI=1S/C17H18N4O4/c1-12-18-16(20-25-12)17(10-2-3-11-17)19-15(22)9-6-13-4-7-14(8-5-13)21(23)24/h4-9H,2-3,10-11H2,1H3,(H,19,22)/b9-6+. The van der Waals surface area contributed by atoms with Crippen LogP contribution in [0.1, 0.15) is 43.0 Å². The number of rotatable bonds is 5. The Morgan fingerprint density at radius 2 is 2.00 bits per heavy atom. The molecule has 1 aromatic heterocycles. The summed E-state index contributed by atoms with van der Waals surface area (Å²) in [7, 11) is 0. The highest BCUT2D eigenvalue weighted by Gasteiger charge is 2.40. The lowest BCUT2D eigenvalue weighted by molar-refractivity contribution is -0.384. The van der Waals surface area contributed by atoms with Gasteiger partial charge in [-0.1, -0.05) is 18.0 Å². The Labute approximate surface area is 144 Å². The van der Waals surface area contributed by atoms with Crippen LogP contribution in [-0.4, -0.2) is 21.0 Å². The first-order valence-electron chi connectivity index (χ1n) is 8.04. The van der Waals surface area contributed by atoms with Gasteiger partial charge >= 0.3 is 0 Å². The molecule has 1 aromatic carbocycles. The summed E-state index contributed by atoms with van der Waals surface area (Å²) in [5.41, 5.74) is 0.130. The van der Waals surface area contributed by atoms with E-state index in [-0.39, 0.29) is 11.6 Å². The molecule has 3 rings (SSSR count). The average molecular weight is 342 g/mol. The molecule has 2 aromatic rings. The van der Waals surface area contributed by atoms with E-state index in [1.54, 1.807) is 25.1 Å². The van der Waals surface area contributed by atoms with Crippen LogP contribution in [0.5, 0.6) is 0 Å². The predicted molar refractivity (Wildman–Crippen MR) is 89.5 cm³/mol. The first-order chi connectivity index (χ1) is 12.0. The largest absolute Gasteiger partial charge is 0.340 e. The minimum atomic E-state index is -0.589. The molecule has 0 aliphatic heterocycles. The third-order valence-electron chi connectivity index (χ3n) is 4.31. The zero-order valence-electron chi connectivity index (χ0n) is 13.8. The second kappa shape index (κ2) is 6.84. The third kappa shape index (κ3) is 3.73. The molecule has 0 saturated heterocycles. The molecule has 1 fully saturated rings. The van der Waals surface area contributed by atoms with Gasteiger partial charge in [-0.25, -0.2) is 0 Å². The summed E-state index contributed by atoms with van der Waals surface area (Å²) < 4.78 is 5.06. The molecule has 8 heteroatoms. The van der Waals surface area contributed by atoms with Crippen molar-refractivity contribution in [3.8, 4) is 0 Å². The molecule has 0 radical (unpaired) electrons. The second-order valence-electron chi connectivity index (χ2n) is 6.10. The maximum absolute atomic E-state index is 12.3. The van der Waals surface area contributed by atoms with Gasteiger partial charge in [-0.2, -0.15) is 4.98 Å². The molecule has 8 nitrogen and oxygen atoms in total. The quantitative estimate of drug-likeness (QED) is 0.508. The Kier molecular flexibility index (Phi) is 4.60. The smallest absolute Gasteiger partial charge is 0.269 e.